The first-order chi connectivity index (χ1) is 18.7. The van der Waals surface area contributed by atoms with E-state index in [9.17, 15) is 5.41 Å². The summed E-state index contributed by atoms with van der Waals surface area (Å²) in [5.74, 6) is 2.28. The van der Waals surface area contributed by atoms with Crippen molar-refractivity contribution in [2.75, 3.05) is 47.1 Å². The fourth-order valence-corrected chi connectivity index (χ4v) is 5.58. The van der Waals surface area contributed by atoms with Crippen molar-refractivity contribution in [3.8, 4) is 23.1 Å². The predicted molar refractivity (Wildman–Crippen MR) is 144 cm³/mol. The predicted octanol–water partition coefficient (Wildman–Crippen LogP) is 4.54. The molecule has 196 valence electrons. The van der Waals surface area contributed by atoms with E-state index in [0.29, 0.717) is 29.4 Å². The highest BCUT2D eigenvalue weighted by Gasteiger charge is 2.34. The molecular weight excluding hydrogens is 480 g/mol. The van der Waals surface area contributed by atoms with Gasteiger partial charge in [0.2, 0.25) is 5.88 Å². The summed E-state index contributed by atoms with van der Waals surface area (Å²) in [5.41, 5.74) is 3.20. The van der Waals surface area contributed by atoms with Crippen LogP contribution in [0.2, 0.25) is 0 Å². The molecule has 6 rings (SSSR count). The van der Waals surface area contributed by atoms with Crippen molar-refractivity contribution in [3.63, 3.8) is 0 Å². The molecule has 0 amide bonds. The zero-order chi connectivity index (χ0) is 26.1. The van der Waals surface area contributed by atoms with Crippen LogP contribution in [0.25, 0.3) is 10.8 Å². The lowest BCUT2D eigenvalue weighted by atomic mass is 9.81. The van der Waals surface area contributed by atoms with Gasteiger partial charge in [0.05, 0.1) is 33.0 Å². The van der Waals surface area contributed by atoms with Crippen LogP contribution in [0.1, 0.15) is 29.0 Å². The van der Waals surface area contributed by atoms with Crippen LogP contribution in [-0.4, -0.2) is 61.5 Å². The van der Waals surface area contributed by atoms with Gasteiger partial charge in [-0.05, 0) is 41.0 Å². The summed E-state index contributed by atoms with van der Waals surface area (Å²) in [6, 6.07) is 18.3. The molecule has 2 aliphatic heterocycles. The Labute approximate surface area is 221 Å². The number of hydrogen-bond donors (Lipinski definition) is 1. The van der Waals surface area contributed by atoms with E-state index in [1.807, 2.05) is 41.0 Å². The van der Waals surface area contributed by atoms with Crippen molar-refractivity contribution < 1.29 is 18.9 Å². The van der Waals surface area contributed by atoms with Gasteiger partial charge in [0.1, 0.15) is 17.6 Å². The quantitative estimate of drug-likeness (QED) is 0.345. The first-order valence-electron chi connectivity index (χ1n) is 13.0. The van der Waals surface area contributed by atoms with Crippen molar-refractivity contribution in [2.45, 2.75) is 18.9 Å². The number of aromatic nitrogens is 2. The van der Waals surface area contributed by atoms with Gasteiger partial charge in [-0.2, -0.15) is 0 Å². The minimum absolute atomic E-state index is 0.258. The van der Waals surface area contributed by atoms with E-state index in [0.717, 1.165) is 72.5 Å². The van der Waals surface area contributed by atoms with Gasteiger partial charge in [0.15, 0.2) is 11.5 Å². The number of nitrogens with one attached hydrogen (secondary N) is 1. The third kappa shape index (κ3) is 4.40. The maximum atomic E-state index is 9.31. The molecule has 8 heteroatoms. The van der Waals surface area contributed by atoms with E-state index in [-0.39, 0.29) is 5.92 Å². The molecule has 3 heterocycles. The maximum absolute atomic E-state index is 9.31. The lowest BCUT2D eigenvalue weighted by Gasteiger charge is -2.30. The van der Waals surface area contributed by atoms with Gasteiger partial charge in [0, 0.05) is 37.7 Å². The van der Waals surface area contributed by atoms with Crippen LogP contribution in [0.3, 0.4) is 0 Å². The van der Waals surface area contributed by atoms with Crippen molar-refractivity contribution in [1.82, 2.24) is 14.5 Å². The molecule has 3 aromatic carbocycles. The van der Waals surface area contributed by atoms with Gasteiger partial charge in [-0.25, -0.2) is 4.98 Å². The maximum Gasteiger partial charge on any atom is 0.228 e. The van der Waals surface area contributed by atoms with Gasteiger partial charge < -0.3 is 23.5 Å². The van der Waals surface area contributed by atoms with E-state index < -0.39 is 0 Å². The van der Waals surface area contributed by atoms with E-state index in [4.69, 9.17) is 23.9 Å². The van der Waals surface area contributed by atoms with Crippen LogP contribution in [0.5, 0.6) is 23.1 Å². The first kappa shape index (κ1) is 24.5. The summed E-state index contributed by atoms with van der Waals surface area (Å²) in [6.45, 7) is 5.16. The molecule has 1 fully saturated rings. The zero-order valence-electron chi connectivity index (χ0n) is 21.8. The molecule has 1 saturated heterocycles. The van der Waals surface area contributed by atoms with Crippen LogP contribution in [0.15, 0.2) is 60.9 Å². The van der Waals surface area contributed by atoms with E-state index in [2.05, 4.69) is 23.1 Å². The monoisotopic (exact) mass is 512 g/mol. The molecule has 0 spiro atoms. The Morgan fingerprint density at radius 2 is 1.76 bits per heavy atom. The number of benzene rings is 3. The summed E-state index contributed by atoms with van der Waals surface area (Å²) >= 11 is 0. The molecule has 0 bridgehead atoms. The Morgan fingerprint density at radius 3 is 2.58 bits per heavy atom. The second-order valence-corrected chi connectivity index (χ2v) is 9.66. The number of ether oxygens (including phenoxy) is 4. The standard InChI is InChI=1S/C30H32N4O4/c1-35-23-10-9-21(18-25(23)36-2)26-27-22-7-4-3-6-20(22)8-11-24(27)38-30-28(26)29(31)34(19-32-30)13-5-12-33-14-16-37-17-15-33/h3-4,6-11,18-19,26,31H,5,12-17H2,1-2H3/t26-/m1/s1. The number of morpholine rings is 1. The highest BCUT2D eigenvalue weighted by atomic mass is 16.5. The lowest BCUT2D eigenvalue weighted by molar-refractivity contribution is 0.0369. The van der Waals surface area contributed by atoms with E-state index >= 15 is 0 Å². The van der Waals surface area contributed by atoms with Gasteiger partial charge in [-0.15, -0.1) is 0 Å². The van der Waals surface area contributed by atoms with Crippen LogP contribution in [0, 0.1) is 5.41 Å². The molecule has 0 saturated carbocycles. The summed E-state index contributed by atoms with van der Waals surface area (Å²) in [6.07, 6.45) is 2.66. The summed E-state index contributed by atoms with van der Waals surface area (Å²) in [7, 11) is 3.28. The highest BCUT2D eigenvalue weighted by molar-refractivity contribution is 5.90. The van der Waals surface area contributed by atoms with Gasteiger partial charge in [-0.3, -0.25) is 10.3 Å². The Kier molecular flexibility index (Phi) is 6.74. The second kappa shape index (κ2) is 10.5. The summed E-state index contributed by atoms with van der Waals surface area (Å²) < 4.78 is 24.9. The number of fused-ring (bicyclic) bond motifs is 4. The molecule has 4 aromatic rings. The number of aryl methyl sites for hydroxylation is 1. The molecule has 0 aliphatic carbocycles. The first-order valence-corrected chi connectivity index (χ1v) is 13.0. The SMILES string of the molecule is COc1ccc([C@H]2c3c(ncn(CCCN4CCOCC4)c3=N)Oc3ccc4ccccc4c32)cc1OC. The molecule has 1 N–H and O–H groups in total. The van der Waals surface area contributed by atoms with Crippen LogP contribution >= 0.6 is 0 Å². The minimum atomic E-state index is -0.258. The Hall–Kier alpha value is -3.88. The average Bonchev–Trinajstić information content (AvgIpc) is 2.97. The summed E-state index contributed by atoms with van der Waals surface area (Å²) in [4.78, 5) is 7.12. The van der Waals surface area contributed by atoms with Crippen molar-refractivity contribution in [1.29, 1.82) is 5.41 Å². The molecule has 0 unspecified atom stereocenters. The molecular formula is C30H32N4O4. The molecule has 0 radical (unpaired) electrons. The smallest absolute Gasteiger partial charge is 0.228 e. The lowest BCUT2D eigenvalue weighted by Crippen LogP contribution is -2.37. The largest absolute Gasteiger partial charge is 0.493 e. The number of nitrogens with zero attached hydrogens (tertiary/aromatic N) is 3. The fourth-order valence-electron chi connectivity index (χ4n) is 5.58. The number of rotatable bonds is 7. The van der Waals surface area contributed by atoms with Crippen LogP contribution in [0.4, 0.5) is 0 Å². The van der Waals surface area contributed by atoms with E-state index in [1.165, 1.54) is 0 Å². The third-order valence-electron chi connectivity index (χ3n) is 7.52. The van der Waals surface area contributed by atoms with Gasteiger partial charge in [0.25, 0.3) is 0 Å². The van der Waals surface area contributed by atoms with Gasteiger partial charge >= 0.3 is 0 Å². The molecule has 38 heavy (non-hydrogen) atoms. The fraction of sp³-hybridized carbons (Fsp3) is 0.333. The van der Waals surface area contributed by atoms with Crippen LogP contribution < -0.4 is 19.7 Å². The minimum Gasteiger partial charge on any atom is -0.493 e. The summed E-state index contributed by atoms with van der Waals surface area (Å²) in [5, 5.41) is 11.5. The second-order valence-electron chi connectivity index (χ2n) is 9.66. The Balaban J connectivity index is 1.46. The molecule has 2 aliphatic rings. The topological polar surface area (TPSA) is 81.8 Å². The normalized spacial score (nSPS) is 16.9. The molecule has 1 atom stereocenters. The molecule has 1 aromatic heterocycles. The van der Waals surface area contributed by atoms with Crippen molar-refractivity contribution in [3.05, 3.63) is 83.1 Å². The van der Waals surface area contributed by atoms with E-state index in [1.54, 1.807) is 20.5 Å². The van der Waals surface area contributed by atoms with Gasteiger partial charge in [-0.1, -0.05) is 36.4 Å². The number of methoxy groups -OCH3 is 2. The van der Waals surface area contributed by atoms with Crippen molar-refractivity contribution in [2.24, 2.45) is 0 Å². The number of hydrogen-bond acceptors (Lipinski definition) is 7. The Morgan fingerprint density at radius 1 is 0.947 bits per heavy atom. The van der Waals surface area contributed by atoms with Crippen LogP contribution in [-0.2, 0) is 11.3 Å². The highest BCUT2D eigenvalue weighted by Crippen LogP contribution is 2.49. The third-order valence-corrected chi connectivity index (χ3v) is 7.52. The van der Waals surface area contributed by atoms with Crippen molar-refractivity contribution >= 4 is 10.8 Å². The average molecular weight is 513 g/mol. The Bertz CT molecular complexity index is 1530. The molecule has 8 nitrogen and oxygen atoms in total. The zero-order valence-corrected chi connectivity index (χ0v) is 21.8.